The van der Waals surface area contributed by atoms with Gasteiger partial charge in [0.25, 0.3) is 0 Å². The van der Waals surface area contributed by atoms with Crippen LogP contribution in [0.25, 0.3) is 11.5 Å². The van der Waals surface area contributed by atoms with E-state index in [0.717, 1.165) is 21.5 Å². The highest BCUT2D eigenvalue weighted by Crippen LogP contribution is 2.28. The molecule has 0 aromatic carbocycles. The Morgan fingerprint density at radius 3 is 2.63 bits per heavy atom. The van der Waals surface area contributed by atoms with Crippen LogP contribution < -0.4 is 5.32 Å². The molecule has 0 saturated carbocycles. The van der Waals surface area contributed by atoms with Gasteiger partial charge in [0.2, 0.25) is 0 Å². The van der Waals surface area contributed by atoms with Crippen LogP contribution in [-0.4, -0.2) is 22.0 Å². The first kappa shape index (κ1) is 14.7. The van der Waals surface area contributed by atoms with Gasteiger partial charge in [-0.05, 0) is 35.1 Å². The molecule has 2 aromatic rings. The normalized spacial score (nSPS) is 10.6. The lowest BCUT2D eigenvalue weighted by molar-refractivity contribution is 0.983. The molecule has 0 fully saturated rings. The minimum Gasteiger partial charge on any atom is -0.372 e. The third kappa shape index (κ3) is 3.09. The molecule has 2 heterocycles. The molecule has 0 aliphatic carbocycles. The molecule has 0 radical (unpaired) electrons. The highest BCUT2D eigenvalue weighted by molar-refractivity contribution is 14.1. The Kier molecular flexibility index (Phi) is 4.81. The van der Waals surface area contributed by atoms with Gasteiger partial charge in [0, 0.05) is 13.2 Å². The quantitative estimate of drug-likeness (QED) is 0.778. The maximum atomic E-state index is 6.15. The molecule has 0 amide bonds. The summed E-state index contributed by atoms with van der Waals surface area (Å²) in [5.41, 5.74) is 1.50. The summed E-state index contributed by atoms with van der Waals surface area (Å²) in [6, 6.07) is 1.64. The van der Waals surface area contributed by atoms with E-state index in [1.54, 1.807) is 6.07 Å². The number of hydrogen-bond acceptors (Lipinski definition) is 4. The number of hydrogen-bond donors (Lipinski definition) is 1. The fourth-order valence-corrected chi connectivity index (χ4v) is 2.94. The zero-order valence-electron chi connectivity index (χ0n) is 10.3. The van der Waals surface area contributed by atoms with Crippen LogP contribution >= 0.6 is 45.8 Å². The van der Waals surface area contributed by atoms with Crippen molar-refractivity contribution in [1.29, 1.82) is 0 Å². The van der Waals surface area contributed by atoms with Crippen molar-refractivity contribution >= 4 is 51.6 Å². The maximum absolute atomic E-state index is 6.15. The molecule has 0 atom stereocenters. The lowest BCUT2D eigenvalue weighted by Gasteiger charge is -2.10. The Bertz CT molecular complexity index is 594. The minimum absolute atomic E-state index is 0.442. The Morgan fingerprint density at radius 2 is 2.05 bits per heavy atom. The zero-order valence-corrected chi connectivity index (χ0v) is 14.0. The van der Waals surface area contributed by atoms with E-state index in [9.17, 15) is 0 Å². The van der Waals surface area contributed by atoms with E-state index in [2.05, 4.69) is 42.9 Å². The van der Waals surface area contributed by atoms with E-state index in [1.807, 2.05) is 14.0 Å². The first-order valence-corrected chi connectivity index (χ1v) is 7.45. The van der Waals surface area contributed by atoms with E-state index < -0.39 is 0 Å². The standard InChI is InChI=1S/C12H11Cl2IN4/c1-3-8-9(15)11(16-2)19-12(18-8)10-7(14)4-6(13)5-17-10/h4-5H,3H2,1-2H3,(H,16,18,19). The lowest BCUT2D eigenvalue weighted by atomic mass is 10.2. The van der Waals surface area contributed by atoms with Crippen molar-refractivity contribution < 1.29 is 0 Å². The van der Waals surface area contributed by atoms with Gasteiger partial charge in [0.1, 0.15) is 11.5 Å². The summed E-state index contributed by atoms with van der Waals surface area (Å²) >= 11 is 14.2. The van der Waals surface area contributed by atoms with Crippen LogP contribution in [0.2, 0.25) is 10.0 Å². The third-order valence-electron chi connectivity index (χ3n) is 2.51. The third-order valence-corrected chi connectivity index (χ3v) is 4.14. The molecule has 1 N–H and O–H groups in total. The molecular formula is C12H11Cl2IN4. The molecule has 4 nitrogen and oxygen atoms in total. The van der Waals surface area contributed by atoms with Gasteiger partial charge in [-0.15, -0.1) is 0 Å². The number of aryl methyl sites for hydroxylation is 1. The number of halogens is 3. The number of pyridine rings is 1. The Hall–Kier alpha value is -0.660. The second-order valence-corrected chi connectivity index (χ2v) is 5.67. The van der Waals surface area contributed by atoms with Crippen molar-refractivity contribution in [1.82, 2.24) is 15.0 Å². The van der Waals surface area contributed by atoms with Crippen LogP contribution in [0.5, 0.6) is 0 Å². The first-order chi connectivity index (χ1) is 9.06. The van der Waals surface area contributed by atoms with Crippen LogP contribution in [0, 0.1) is 3.57 Å². The van der Waals surface area contributed by atoms with Gasteiger partial charge in [0.05, 0.1) is 19.3 Å². The van der Waals surface area contributed by atoms with E-state index >= 15 is 0 Å². The first-order valence-electron chi connectivity index (χ1n) is 5.62. The summed E-state index contributed by atoms with van der Waals surface area (Å²) < 4.78 is 1.01. The predicted octanol–water partition coefficient (Wildman–Crippen LogP) is 4.05. The molecule has 100 valence electrons. The van der Waals surface area contributed by atoms with Crippen molar-refractivity contribution in [2.45, 2.75) is 13.3 Å². The fraction of sp³-hybridized carbons (Fsp3) is 0.250. The molecule has 19 heavy (non-hydrogen) atoms. The van der Waals surface area contributed by atoms with Gasteiger partial charge < -0.3 is 5.32 Å². The highest BCUT2D eigenvalue weighted by Gasteiger charge is 2.14. The predicted molar refractivity (Wildman–Crippen MR) is 86.9 cm³/mol. The molecular weight excluding hydrogens is 398 g/mol. The summed E-state index contributed by atoms with van der Waals surface area (Å²) in [6.45, 7) is 2.05. The Balaban J connectivity index is 2.62. The number of anilines is 1. The SMILES string of the molecule is CCc1nc(-c2ncc(Cl)cc2Cl)nc(NC)c1I. The summed E-state index contributed by atoms with van der Waals surface area (Å²) in [7, 11) is 1.82. The van der Waals surface area contributed by atoms with Crippen LogP contribution in [0.15, 0.2) is 12.3 Å². The average molecular weight is 409 g/mol. The van der Waals surface area contributed by atoms with Crippen LogP contribution in [0.4, 0.5) is 5.82 Å². The van der Waals surface area contributed by atoms with Gasteiger partial charge in [-0.1, -0.05) is 30.1 Å². The van der Waals surface area contributed by atoms with E-state index in [-0.39, 0.29) is 0 Å². The molecule has 0 saturated heterocycles. The monoisotopic (exact) mass is 408 g/mol. The van der Waals surface area contributed by atoms with Crippen molar-refractivity contribution in [3.63, 3.8) is 0 Å². The van der Waals surface area contributed by atoms with Crippen molar-refractivity contribution in [3.05, 3.63) is 31.6 Å². The largest absolute Gasteiger partial charge is 0.372 e. The van der Waals surface area contributed by atoms with E-state index in [0.29, 0.717) is 21.6 Å². The van der Waals surface area contributed by atoms with Crippen molar-refractivity contribution in [2.75, 3.05) is 12.4 Å². The van der Waals surface area contributed by atoms with Crippen molar-refractivity contribution in [2.24, 2.45) is 0 Å². The number of aromatic nitrogens is 3. The second-order valence-electron chi connectivity index (χ2n) is 3.74. The Labute approximate surface area is 135 Å². The summed E-state index contributed by atoms with van der Waals surface area (Å²) in [5.74, 6) is 1.28. The molecule has 0 spiro atoms. The zero-order chi connectivity index (χ0) is 14.0. The lowest BCUT2D eigenvalue weighted by Crippen LogP contribution is -2.05. The molecule has 2 aromatic heterocycles. The smallest absolute Gasteiger partial charge is 0.182 e. The van der Waals surface area contributed by atoms with Crippen LogP contribution in [-0.2, 0) is 6.42 Å². The summed E-state index contributed by atoms with van der Waals surface area (Å²) in [6.07, 6.45) is 2.35. The van der Waals surface area contributed by atoms with E-state index in [1.165, 1.54) is 6.20 Å². The molecule has 0 aliphatic heterocycles. The van der Waals surface area contributed by atoms with Gasteiger partial charge in [-0.2, -0.15) is 0 Å². The molecule has 7 heteroatoms. The number of nitrogens with one attached hydrogen (secondary N) is 1. The van der Waals surface area contributed by atoms with Crippen LogP contribution in [0.3, 0.4) is 0 Å². The highest BCUT2D eigenvalue weighted by atomic mass is 127. The molecule has 0 aliphatic rings. The van der Waals surface area contributed by atoms with E-state index in [4.69, 9.17) is 23.2 Å². The molecule has 2 rings (SSSR count). The summed E-state index contributed by atoms with van der Waals surface area (Å²) in [4.78, 5) is 13.2. The van der Waals surface area contributed by atoms with Crippen LogP contribution in [0.1, 0.15) is 12.6 Å². The molecule has 0 bridgehead atoms. The Morgan fingerprint density at radius 1 is 1.32 bits per heavy atom. The number of rotatable bonds is 3. The topological polar surface area (TPSA) is 50.7 Å². The second kappa shape index (κ2) is 6.19. The summed E-state index contributed by atoms with van der Waals surface area (Å²) in [5, 5.41) is 3.99. The average Bonchev–Trinajstić information content (AvgIpc) is 2.39. The van der Waals surface area contributed by atoms with Crippen molar-refractivity contribution in [3.8, 4) is 11.5 Å². The maximum Gasteiger partial charge on any atom is 0.182 e. The fourth-order valence-electron chi connectivity index (χ4n) is 1.58. The minimum atomic E-state index is 0.442. The number of nitrogens with zero attached hydrogens (tertiary/aromatic N) is 3. The van der Waals surface area contributed by atoms with Gasteiger partial charge >= 0.3 is 0 Å². The van der Waals surface area contributed by atoms with Gasteiger partial charge in [-0.25, -0.2) is 15.0 Å². The van der Waals surface area contributed by atoms with Gasteiger partial charge in [0.15, 0.2) is 5.82 Å². The molecule has 0 unspecified atom stereocenters. The van der Waals surface area contributed by atoms with Gasteiger partial charge in [-0.3, -0.25) is 0 Å².